The fraction of sp³-hybridized carbons (Fsp3) is 0.600. The Morgan fingerprint density at radius 2 is 1.75 bits per heavy atom. The number of nitrogens with zero attached hydrogens (tertiary/aromatic N) is 8. The molecule has 40 heavy (non-hydrogen) atoms. The van der Waals surface area contributed by atoms with Gasteiger partial charge in [0.1, 0.15) is 5.52 Å². The number of nitrogens with two attached hydrogens (primary N) is 1. The molecule has 1 aliphatic carbocycles. The molecule has 5 heterocycles. The molecule has 0 unspecified atom stereocenters. The fourth-order valence-electron chi connectivity index (χ4n) is 5.88. The number of halogens is 1. The van der Waals surface area contributed by atoms with Crippen molar-refractivity contribution in [3.8, 4) is 0 Å². The molecule has 0 atom stereocenters. The topological polar surface area (TPSA) is 150 Å². The Morgan fingerprint density at radius 3 is 2.50 bits per heavy atom. The number of aromatic nitrogens is 5. The van der Waals surface area contributed by atoms with Gasteiger partial charge in [-0.1, -0.05) is 0 Å². The van der Waals surface area contributed by atoms with E-state index in [2.05, 4.69) is 40.6 Å². The number of piperazine rings is 2. The van der Waals surface area contributed by atoms with E-state index in [1.165, 1.54) is 11.3 Å². The van der Waals surface area contributed by atoms with Crippen molar-refractivity contribution in [2.75, 3.05) is 63.4 Å². The summed E-state index contributed by atoms with van der Waals surface area (Å²) < 4.78 is 1.99. The quantitative estimate of drug-likeness (QED) is 0.361. The van der Waals surface area contributed by atoms with Crippen LogP contribution in [0.1, 0.15) is 37.4 Å². The second kappa shape index (κ2) is 11.9. The highest BCUT2D eigenvalue weighted by molar-refractivity contribution is 7.13. The second-order valence-electron chi connectivity index (χ2n) is 10.6. The van der Waals surface area contributed by atoms with Crippen LogP contribution in [0.4, 0.5) is 10.9 Å². The normalized spacial score (nSPS) is 23.0. The number of anilines is 2. The zero-order valence-corrected chi connectivity index (χ0v) is 23.8. The molecule has 0 aromatic carbocycles. The summed E-state index contributed by atoms with van der Waals surface area (Å²) in [5.41, 5.74) is 7.80. The molecule has 214 valence electrons. The van der Waals surface area contributed by atoms with Gasteiger partial charge in [-0.3, -0.25) is 9.59 Å². The number of thiazole rings is 1. The molecule has 15 heteroatoms. The van der Waals surface area contributed by atoms with Gasteiger partial charge in [-0.2, -0.15) is 9.97 Å². The summed E-state index contributed by atoms with van der Waals surface area (Å²) >= 11 is 7.37. The van der Waals surface area contributed by atoms with Crippen LogP contribution in [0.5, 0.6) is 0 Å². The largest absolute Gasteiger partial charge is 0.382 e. The van der Waals surface area contributed by atoms with Gasteiger partial charge in [0.25, 0.3) is 0 Å². The van der Waals surface area contributed by atoms with Gasteiger partial charge in [-0.15, -0.1) is 11.3 Å². The Bertz CT molecular complexity index is 1360. The van der Waals surface area contributed by atoms with E-state index < -0.39 is 0 Å². The van der Waals surface area contributed by atoms with Crippen molar-refractivity contribution >= 4 is 56.9 Å². The summed E-state index contributed by atoms with van der Waals surface area (Å²) in [7, 11) is 0. The van der Waals surface area contributed by atoms with Crippen molar-refractivity contribution < 1.29 is 9.59 Å². The van der Waals surface area contributed by atoms with Crippen molar-refractivity contribution in [2.24, 2.45) is 5.92 Å². The third-order valence-electron chi connectivity index (χ3n) is 8.10. The number of nitrogen functional groups attached to an aromatic ring is 1. The molecule has 3 aromatic heterocycles. The van der Waals surface area contributed by atoms with E-state index >= 15 is 0 Å². The van der Waals surface area contributed by atoms with Gasteiger partial charge < -0.3 is 25.8 Å². The van der Waals surface area contributed by atoms with E-state index in [1.54, 1.807) is 6.33 Å². The molecule has 3 aliphatic rings. The zero-order chi connectivity index (χ0) is 27.6. The van der Waals surface area contributed by atoms with E-state index in [4.69, 9.17) is 17.3 Å². The van der Waals surface area contributed by atoms with E-state index in [9.17, 15) is 9.59 Å². The minimum absolute atomic E-state index is 0.0279. The minimum Gasteiger partial charge on any atom is -0.382 e. The number of carbonyl (C=O) groups excluding carboxylic acids is 2. The summed E-state index contributed by atoms with van der Waals surface area (Å²) in [4.78, 5) is 45.0. The number of nitrogens with one attached hydrogen (secondary N) is 2. The number of amides is 2. The highest BCUT2D eigenvalue weighted by Crippen LogP contribution is 2.35. The number of hydrogen-bond donors (Lipinski definition) is 3. The first-order valence-electron chi connectivity index (χ1n) is 13.8. The summed E-state index contributed by atoms with van der Waals surface area (Å²) in [6.07, 6.45) is 5.07. The smallest absolute Gasteiger partial charge is 0.229 e. The van der Waals surface area contributed by atoms with Crippen LogP contribution >= 0.6 is 22.9 Å². The van der Waals surface area contributed by atoms with Gasteiger partial charge >= 0.3 is 0 Å². The van der Waals surface area contributed by atoms with Crippen LogP contribution in [0.25, 0.3) is 11.2 Å². The van der Waals surface area contributed by atoms with Crippen LogP contribution in [-0.2, 0) is 16.0 Å². The van der Waals surface area contributed by atoms with Gasteiger partial charge in [0.2, 0.25) is 17.1 Å². The first-order chi connectivity index (χ1) is 19.4. The predicted molar refractivity (Wildman–Crippen MR) is 153 cm³/mol. The molecular weight excluding hydrogens is 554 g/mol. The lowest BCUT2D eigenvalue weighted by Gasteiger charge is -2.42. The summed E-state index contributed by atoms with van der Waals surface area (Å²) in [5, 5.41) is 13.6. The number of imidazole rings is 1. The summed E-state index contributed by atoms with van der Waals surface area (Å²) in [6.45, 7) is 7.22. The van der Waals surface area contributed by atoms with Crippen LogP contribution < -0.4 is 16.4 Å². The third kappa shape index (κ3) is 5.91. The molecule has 1 saturated carbocycles. The van der Waals surface area contributed by atoms with Gasteiger partial charge in [-0.05, 0) is 37.3 Å². The molecular formula is C25H34ClN11O2S. The monoisotopic (exact) mass is 587 g/mol. The highest BCUT2D eigenvalue weighted by Gasteiger charge is 2.30. The van der Waals surface area contributed by atoms with Gasteiger partial charge in [0, 0.05) is 69.7 Å². The molecule has 6 rings (SSSR count). The van der Waals surface area contributed by atoms with E-state index in [-0.39, 0.29) is 41.3 Å². The van der Waals surface area contributed by atoms with Gasteiger partial charge in [0.05, 0.1) is 18.4 Å². The maximum absolute atomic E-state index is 13.0. The Labute approximate surface area is 241 Å². The van der Waals surface area contributed by atoms with Crippen LogP contribution in [0.3, 0.4) is 0 Å². The lowest BCUT2D eigenvalue weighted by molar-refractivity contribution is -0.136. The van der Waals surface area contributed by atoms with Crippen LogP contribution in [0, 0.1) is 5.92 Å². The Morgan fingerprint density at radius 1 is 1.02 bits per heavy atom. The molecule has 2 aliphatic heterocycles. The molecule has 4 N–H and O–H groups in total. The first kappa shape index (κ1) is 27.3. The number of fused-ring (bicyclic) bond motifs is 1. The van der Waals surface area contributed by atoms with E-state index in [1.807, 2.05) is 14.8 Å². The third-order valence-corrected chi connectivity index (χ3v) is 9.07. The van der Waals surface area contributed by atoms with Crippen LogP contribution in [-0.4, -0.2) is 104 Å². The van der Waals surface area contributed by atoms with E-state index in [0.29, 0.717) is 22.0 Å². The molecule has 0 bridgehead atoms. The van der Waals surface area contributed by atoms with Crippen LogP contribution in [0.15, 0.2) is 11.7 Å². The molecule has 0 radical (unpaired) electrons. The number of hydrazine groups is 1. The second-order valence-corrected chi connectivity index (χ2v) is 11.8. The summed E-state index contributed by atoms with van der Waals surface area (Å²) in [6, 6.07) is 0.163. The zero-order valence-electron chi connectivity index (χ0n) is 22.3. The van der Waals surface area contributed by atoms with Gasteiger partial charge in [-0.25, -0.2) is 20.0 Å². The van der Waals surface area contributed by atoms with Crippen molar-refractivity contribution in [3.05, 3.63) is 22.7 Å². The highest BCUT2D eigenvalue weighted by atomic mass is 35.5. The number of rotatable bonds is 6. The predicted octanol–water partition coefficient (Wildman–Crippen LogP) is 1.40. The van der Waals surface area contributed by atoms with Crippen molar-refractivity contribution in [2.45, 2.75) is 38.1 Å². The first-order valence-corrected chi connectivity index (χ1v) is 15.1. The average Bonchev–Trinajstić information content (AvgIpc) is 3.60. The Hall–Kier alpha value is -2.91. The van der Waals surface area contributed by atoms with Crippen LogP contribution in [0.2, 0.25) is 5.28 Å². The maximum atomic E-state index is 13.0. The van der Waals surface area contributed by atoms with Crippen molar-refractivity contribution in [3.63, 3.8) is 0 Å². The van der Waals surface area contributed by atoms with Crippen molar-refractivity contribution in [1.82, 2.24) is 44.7 Å². The lowest BCUT2D eigenvalue weighted by atomic mass is 9.85. The van der Waals surface area contributed by atoms with Crippen molar-refractivity contribution in [1.29, 1.82) is 0 Å². The minimum atomic E-state index is -0.102. The molecule has 0 spiro atoms. The molecule has 3 fully saturated rings. The van der Waals surface area contributed by atoms with E-state index in [0.717, 1.165) is 78.0 Å². The maximum Gasteiger partial charge on any atom is 0.229 e. The summed E-state index contributed by atoms with van der Waals surface area (Å²) in [5.74, 6) is 0.219. The Balaban J connectivity index is 0.970. The molecule has 2 amide bonds. The number of carbonyl (C=O) groups is 2. The molecule has 2 saturated heterocycles. The molecule has 13 nitrogen and oxygen atoms in total. The Kier molecular flexibility index (Phi) is 8.12. The standard InChI is InChI=1S/C25H34ClN11O2S/c26-24-31-21(27)20-22(32-24)37(15-29-20)18-3-1-16(2-4-18)23(39)33-25-30-17(14-40-25)13-19(38)34-9-11-36(12-10-34)35-7-5-28-6-8-35/h14-16,18,28H,1-13H2,(H2,27,31,32)(H,30,33,39). The van der Waals surface area contributed by atoms with Gasteiger partial charge in [0.15, 0.2) is 16.6 Å². The SMILES string of the molecule is Nc1nc(Cl)nc2c1ncn2C1CCC(C(=O)Nc2nc(CC(=O)N3CCN(N4CCNCC4)CC3)cs2)CC1. The number of hydrogen-bond acceptors (Lipinski definition) is 11. The molecule has 3 aromatic rings. The average molecular weight is 588 g/mol. The lowest BCUT2D eigenvalue weighted by Crippen LogP contribution is -2.59. The fourth-order valence-corrected chi connectivity index (χ4v) is 6.76.